The van der Waals surface area contributed by atoms with E-state index in [9.17, 15) is 0 Å². The van der Waals surface area contributed by atoms with Crippen molar-refractivity contribution in [2.24, 2.45) is 0 Å². The van der Waals surface area contributed by atoms with Crippen LogP contribution < -0.4 is 5.32 Å². The first-order valence-corrected chi connectivity index (χ1v) is 6.64. The minimum atomic E-state index is 0.782. The van der Waals surface area contributed by atoms with Crippen molar-refractivity contribution in [3.8, 4) is 0 Å². The lowest BCUT2D eigenvalue weighted by Gasteiger charge is -2.06. The van der Waals surface area contributed by atoms with Gasteiger partial charge in [0.15, 0.2) is 0 Å². The molecule has 0 amide bonds. The van der Waals surface area contributed by atoms with Crippen LogP contribution in [0.25, 0.3) is 11.0 Å². The van der Waals surface area contributed by atoms with E-state index < -0.39 is 0 Å². The van der Waals surface area contributed by atoms with Crippen molar-refractivity contribution in [2.45, 2.75) is 19.9 Å². The summed E-state index contributed by atoms with van der Waals surface area (Å²) in [5, 5.41) is 4.64. The van der Waals surface area contributed by atoms with Crippen molar-refractivity contribution < 1.29 is 4.42 Å². The Balaban J connectivity index is 1.78. The zero-order valence-electron chi connectivity index (χ0n) is 11.0. The lowest BCUT2D eigenvalue weighted by Crippen LogP contribution is -1.98. The number of furan rings is 1. The molecule has 0 radical (unpaired) electrons. The Morgan fingerprint density at radius 3 is 2.84 bits per heavy atom. The van der Waals surface area contributed by atoms with Gasteiger partial charge in [0.25, 0.3) is 0 Å². The van der Waals surface area contributed by atoms with Gasteiger partial charge in [0.05, 0.1) is 6.26 Å². The van der Waals surface area contributed by atoms with Gasteiger partial charge in [-0.2, -0.15) is 0 Å². The molecule has 1 aromatic heterocycles. The van der Waals surface area contributed by atoms with Gasteiger partial charge in [0.1, 0.15) is 5.58 Å². The zero-order valence-corrected chi connectivity index (χ0v) is 11.0. The third kappa shape index (κ3) is 2.48. The first kappa shape index (κ1) is 11.8. The average molecular weight is 251 g/mol. The van der Waals surface area contributed by atoms with Crippen molar-refractivity contribution in [1.82, 2.24) is 0 Å². The summed E-state index contributed by atoms with van der Waals surface area (Å²) in [4.78, 5) is 0. The van der Waals surface area contributed by atoms with Crippen LogP contribution in [0.5, 0.6) is 0 Å². The largest absolute Gasteiger partial charge is 0.464 e. The maximum Gasteiger partial charge on any atom is 0.134 e. The van der Waals surface area contributed by atoms with E-state index in [1.54, 1.807) is 0 Å². The average Bonchev–Trinajstić information content (AvgIpc) is 2.89. The number of nitrogens with one attached hydrogen (secondary N) is 1. The molecule has 2 aromatic carbocycles. The molecule has 0 unspecified atom stereocenters. The molecule has 0 atom stereocenters. The Morgan fingerprint density at radius 2 is 1.95 bits per heavy atom. The van der Waals surface area contributed by atoms with Crippen molar-refractivity contribution in [1.29, 1.82) is 0 Å². The highest BCUT2D eigenvalue weighted by atomic mass is 16.3. The quantitative estimate of drug-likeness (QED) is 0.732. The summed E-state index contributed by atoms with van der Waals surface area (Å²) in [6, 6.07) is 16.7. The van der Waals surface area contributed by atoms with Crippen LogP contribution in [0, 0.1) is 0 Å². The van der Waals surface area contributed by atoms with Crippen LogP contribution in [-0.4, -0.2) is 0 Å². The second-order valence-corrected chi connectivity index (χ2v) is 4.66. The lowest BCUT2D eigenvalue weighted by molar-refractivity contribution is 0.611. The standard InChI is InChI=1S/C17H17NO/c1-2-13-6-5-7-15(10-13)18-11-14-12-19-17-9-4-3-8-16(14)17/h3-10,12,18H,2,11H2,1H3. The molecular weight excluding hydrogens is 234 g/mol. The van der Waals surface area contributed by atoms with Crippen LogP contribution in [0.3, 0.4) is 0 Å². The molecule has 3 rings (SSSR count). The SMILES string of the molecule is CCc1cccc(NCc2coc3ccccc23)c1. The number of benzene rings is 2. The Kier molecular flexibility index (Phi) is 3.23. The Bertz CT molecular complexity index is 684. The minimum absolute atomic E-state index is 0.782. The van der Waals surface area contributed by atoms with E-state index in [0.717, 1.165) is 24.2 Å². The zero-order chi connectivity index (χ0) is 13.1. The number of hydrogen-bond acceptors (Lipinski definition) is 2. The summed E-state index contributed by atoms with van der Waals surface area (Å²) in [5.74, 6) is 0. The van der Waals surface area contributed by atoms with Gasteiger partial charge in [-0.3, -0.25) is 0 Å². The third-order valence-electron chi connectivity index (χ3n) is 3.38. The number of para-hydroxylation sites is 1. The summed E-state index contributed by atoms with van der Waals surface area (Å²) >= 11 is 0. The van der Waals surface area contributed by atoms with Gasteiger partial charge in [-0.15, -0.1) is 0 Å². The predicted octanol–water partition coefficient (Wildman–Crippen LogP) is 4.61. The molecule has 0 saturated carbocycles. The Labute approximate surface area is 113 Å². The van der Waals surface area contributed by atoms with E-state index in [4.69, 9.17) is 4.42 Å². The first-order valence-electron chi connectivity index (χ1n) is 6.64. The first-order chi connectivity index (χ1) is 9.36. The lowest BCUT2D eigenvalue weighted by atomic mass is 10.1. The number of fused-ring (bicyclic) bond motifs is 1. The molecule has 0 fully saturated rings. The van der Waals surface area contributed by atoms with Crippen LogP contribution in [0.4, 0.5) is 5.69 Å². The van der Waals surface area contributed by atoms with Gasteiger partial charge in [0.2, 0.25) is 0 Å². The second-order valence-electron chi connectivity index (χ2n) is 4.66. The Hall–Kier alpha value is -2.22. The molecule has 1 N–H and O–H groups in total. The normalized spacial score (nSPS) is 10.8. The monoisotopic (exact) mass is 251 g/mol. The number of anilines is 1. The molecular formula is C17H17NO. The van der Waals surface area contributed by atoms with Gasteiger partial charge in [-0.1, -0.05) is 37.3 Å². The highest BCUT2D eigenvalue weighted by Crippen LogP contribution is 2.22. The van der Waals surface area contributed by atoms with Gasteiger partial charge < -0.3 is 9.73 Å². The van der Waals surface area contributed by atoms with Gasteiger partial charge in [-0.05, 0) is 30.2 Å². The van der Waals surface area contributed by atoms with Crippen LogP contribution in [0.1, 0.15) is 18.1 Å². The van der Waals surface area contributed by atoms with E-state index in [0.29, 0.717) is 0 Å². The fourth-order valence-corrected chi connectivity index (χ4v) is 2.27. The van der Waals surface area contributed by atoms with Crippen molar-refractivity contribution >= 4 is 16.7 Å². The molecule has 0 spiro atoms. The summed E-state index contributed by atoms with van der Waals surface area (Å²) in [6.07, 6.45) is 2.89. The molecule has 2 heteroatoms. The topological polar surface area (TPSA) is 25.2 Å². The highest BCUT2D eigenvalue weighted by molar-refractivity contribution is 5.81. The third-order valence-corrected chi connectivity index (χ3v) is 3.38. The minimum Gasteiger partial charge on any atom is -0.464 e. The molecule has 0 bridgehead atoms. The van der Waals surface area contributed by atoms with E-state index in [1.165, 1.54) is 16.5 Å². The van der Waals surface area contributed by atoms with Crippen LogP contribution in [-0.2, 0) is 13.0 Å². The molecule has 0 aliphatic heterocycles. The molecule has 0 saturated heterocycles. The van der Waals surface area contributed by atoms with Gasteiger partial charge in [0, 0.05) is 23.2 Å². The van der Waals surface area contributed by atoms with Gasteiger partial charge >= 0.3 is 0 Å². The van der Waals surface area contributed by atoms with Crippen molar-refractivity contribution in [3.63, 3.8) is 0 Å². The van der Waals surface area contributed by atoms with Crippen molar-refractivity contribution in [2.75, 3.05) is 5.32 Å². The van der Waals surface area contributed by atoms with Gasteiger partial charge in [-0.25, -0.2) is 0 Å². The maximum absolute atomic E-state index is 5.54. The Morgan fingerprint density at radius 1 is 1.05 bits per heavy atom. The molecule has 19 heavy (non-hydrogen) atoms. The van der Waals surface area contributed by atoms with E-state index in [2.05, 4.69) is 42.6 Å². The number of rotatable bonds is 4. The molecule has 3 aromatic rings. The fraction of sp³-hybridized carbons (Fsp3) is 0.176. The maximum atomic E-state index is 5.54. The van der Waals surface area contributed by atoms with Crippen molar-refractivity contribution in [3.05, 3.63) is 65.9 Å². The van der Waals surface area contributed by atoms with E-state index in [1.807, 2.05) is 24.5 Å². The summed E-state index contributed by atoms with van der Waals surface area (Å²) < 4.78 is 5.54. The van der Waals surface area contributed by atoms with Crippen LogP contribution in [0.2, 0.25) is 0 Å². The molecule has 0 aliphatic rings. The second kappa shape index (κ2) is 5.19. The van der Waals surface area contributed by atoms with E-state index >= 15 is 0 Å². The number of aryl methyl sites for hydroxylation is 1. The summed E-state index contributed by atoms with van der Waals surface area (Å²) in [7, 11) is 0. The van der Waals surface area contributed by atoms with Crippen LogP contribution >= 0.6 is 0 Å². The van der Waals surface area contributed by atoms with E-state index in [-0.39, 0.29) is 0 Å². The molecule has 96 valence electrons. The number of hydrogen-bond donors (Lipinski definition) is 1. The predicted molar refractivity (Wildman–Crippen MR) is 79.4 cm³/mol. The van der Waals surface area contributed by atoms with Crippen LogP contribution in [0.15, 0.2) is 59.2 Å². The summed E-state index contributed by atoms with van der Waals surface area (Å²) in [5.41, 5.74) is 4.64. The fourth-order valence-electron chi connectivity index (χ4n) is 2.27. The molecule has 1 heterocycles. The molecule has 2 nitrogen and oxygen atoms in total. The highest BCUT2D eigenvalue weighted by Gasteiger charge is 2.04. The smallest absolute Gasteiger partial charge is 0.134 e. The summed E-state index contributed by atoms with van der Waals surface area (Å²) in [6.45, 7) is 2.95. The molecule has 0 aliphatic carbocycles.